The average Bonchev–Trinajstić information content (AvgIpc) is 2.61. The highest BCUT2D eigenvalue weighted by Gasteiger charge is 2.07. The molecule has 0 unspecified atom stereocenters. The van der Waals surface area contributed by atoms with Gasteiger partial charge in [0.25, 0.3) is 0 Å². The standard InChI is InChI=1S/C17H17N5/c1-22(15-10-6-3-7-11-15)16-13-19-21-17(20-16)18-12-14-8-4-2-5-9-14/h2-11,13H,12H2,1H3,(H,18,20,21). The van der Waals surface area contributed by atoms with Crippen LogP contribution < -0.4 is 10.2 Å². The van der Waals surface area contributed by atoms with Gasteiger partial charge in [-0.15, -0.1) is 5.10 Å². The minimum atomic E-state index is 0.518. The smallest absolute Gasteiger partial charge is 0.244 e. The number of nitrogens with zero attached hydrogens (tertiary/aromatic N) is 4. The Kier molecular flexibility index (Phi) is 4.25. The van der Waals surface area contributed by atoms with Crippen LogP contribution in [-0.4, -0.2) is 22.2 Å². The number of aromatic nitrogens is 3. The van der Waals surface area contributed by atoms with Gasteiger partial charge in [0.1, 0.15) is 0 Å². The van der Waals surface area contributed by atoms with E-state index in [2.05, 4.69) is 32.6 Å². The third-order valence-corrected chi connectivity index (χ3v) is 3.33. The predicted octanol–water partition coefficient (Wildman–Crippen LogP) is 3.25. The number of para-hydroxylation sites is 1. The van der Waals surface area contributed by atoms with Gasteiger partial charge in [-0.3, -0.25) is 0 Å². The number of hydrogen-bond donors (Lipinski definition) is 1. The van der Waals surface area contributed by atoms with Gasteiger partial charge in [-0.1, -0.05) is 48.5 Å². The molecule has 0 spiro atoms. The largest absolute Gasteiger partial charge is 0.349 e. The van der Waals surface area contributed by atoms with Gasteiger partial charge in [0.05, 0.1) is 6.20 Å². The quantitative estimate of drug-likeness (QED) is 0.782. The fourth-order valence-corrected chi connectivity index (χ4v) is 2.09. The van der Waals surface area contributed by atoms with Gasteiger partial charge >= 0.3 is 0 Å². The molecule has 3 aromatic rings. The minimum Gasteiger partial charge on any atom is -0.349 e. The van der Waals surface area contributed by atoms with Crippen LogP contribution in [0.2, 0.25) is 0 Å². The summed E-state index contributed by atoms with van der Waals surface area (Å²) in [6, 6.07) is 20.2. The first-order valence-electron chi connectivity index (χ1n) is 7.09. The average molecular weight is 291 g/mol. The van der Waals surface area contributed by atoms with Crippen LogP contribution >= 0.6 is 0 Å². The number of benzene rings is 2. The second kappa shape index (κ2) is 6.67. The van der Waals surface area contributed by atoms with Crippen molar-refractivity contribution in [3.63, 3.8) is 0 Å². The fourth-order valence-electron chi connectivity index (χ4n) is 2.09. The molecule has 1 N–H and O–H groups in total. The molecule has 0 saturated carbocycles. The first-order valence-corrected chi connectivity index (χ1v) is 7.09. The Morgan fingerprint density at radius 3 is 2.36 bits per heavy atom. The summed E-state index contributed by atoms with van der Waals surface area (Å²) in [6.07, 6.45) is 1.65. The molecule has 22 heavy (non-hydrogen) atoms. The highest BCUT2D eigenvalue weighted by molar-refractivity contribution is 5.58. The van der Waals surface area contributed by atoms with Crippen LogP contribution in [0.4, 0.5) is 17.5 Å². The van der Waals surface area contributed by atoms with E-state index in [1.165, 1.54) is 5.56 Å². The second-order valence-electron chi connectivity index (χ2n) is 4.87. The summed E-state index contributed by atoms with van der Waals surface area (Å²) in [5, 5.41) is 11.3. The lowest BCUT2D eigenvalue weighted by molar-refractivity contribution is 0.930. The molecule has 0 aliphatic carbocycles. The molecule has 1 heterocycles. The highest BCUT2D eigenvalue weighted by Crippen LogP contribution is 2.20. The Bertz CT molecular complexity index is 715. The van der Waals surface area contributed by atoms with Crippen molar-refractivity contribution in [2.75, 3.05) is 17.3 Å². The third-order valence-electron chi connectivity index (χ3n) is 3.33. The molecule has 110 valence electrons. The summed E-state index contributed by atoms with van der Waals surface area (Å²) in [5.74, 6) is 1.26. The lowest BCUT2D eigenvalue weighted by Gasteiger charge is -2.18. The normalized spacial score (nSPS) is 10.2. The van der Waals surface area contributed by atoms with E-state index in [4.69, 9.17) is 0 Å². The summed E-state index contributed by atoms with van der Waals surface area (Å²) in [4.78, 5) is 6.48. The van der Waals surface area contributed by atoms with E-state index >= 15 is 0 Å². The SMILES string of the molecule is CN(c1ccccc1)c1cnnc(NCc2ccccc2)n1. The lowest BCUT2D eigenvalue weighted by Crippen LogP contribution is -2.13. The monoisotopic (exact) mass is 291 g/mol. The molecule has 1 aromatic heterocycles. The molecule has 0 bridgehead atoms. The fraction of sp³-hybridized carbons (Fsp3) is 0.118. The number of nitrogens with one attached hydrogen (secondary N) is 1. The second-order valence-corrected chi connectivity index (χ2v) is 4.87. The Morgan fingerprint density at radius 1 is 0.955 bits per heavy atom. The molecule has 0 amide bonds. The highest BCUT2D eigenvalue weighted by atomic mass is 15.3. The molecule has 0 aliphatic heterocycles. The van der Waals surface area contributed by atoms with Crippen molar-refractivity contribution in [1.82, 2.24) is 15.2 Å². The number of anilines is 3. The van der Waals surface area contributed by atoms with Crippen LogP contribution in [0.1, 0.15) is 5.56 Å². The molecular weight excluding hydrogens is 274 g/mol. The van der Waals surface area contributed by atoms with Crippen molar-refractivity contribution in [3.05, 3.63) is 72.4 Å². The van der Waals surface area contributed by atoms with Crippen molar-refractivity contribution in [2.24, 2.45) is 0 Å². The van der Waals surface area contributed by atoms with Crippen LogP contribution in [0, 0.1) is 0 Å². The Labute approximate surface area is 129 Å². The van der Waals surface area contributed by atoms with Crippen LogP contribution in [-0.2, 0) is 6.54 Å². The molecule has 5 heteroatoms. The predicted molar refractivity (Wildman–Crippen MR) is 88.1 cm³/mol. The third kappa shape index (κ3) is 3.38. The maximum absolute atomic E-state index is 4.51. The van der Waals surface area contributed by atoms with Crippen molar-refractivity contribution >= 4 is 17.5 Å². The van der Waals surface area contributed by atoms with E-state index in [1.54, 1.807) is 6.20 Å². The maximum atomic E-state index is 4.51. The van der Waals surface area contributed by atoms with Crippen LogP contribution in [0.3, 0.4) is 0 Å². The van der Waals surface area contributed by atoms with E-state index in [9.17, 15) is 0 Å². The summed E-state index contributed by atoms with van der Waals surface area (Å²) >= 11 is 0. The van der Waals surface area contributed by atoms with E-state index in [1.807, 2.05) is 60.5 Å². The summed E-state index contributed by atoms with van der Waals surface area (Å²) in [5.41, 5.74) is 2.23. The molecule has 0 atom stereocenters. The first kappa shape index (κ1) is 14.0. The number of rotatable bonds is 5. The lowest BCUT2D eigenvalue weighted by atomic mass is 10.2. The molecule has 5 nitrogen and oxygen atoms in total. The van der Waals surface area contributed by atoms with Gasteiger partial charge in [-0.25, -0.2) is 0 Å². The Morgan fingerprint density at radius 2 is 1.64 bits per heavy atom. The Balaban J connectivity index is 1.72. The van der Waals surface area contributed by atoms with E-state index in [-0.39, 0.29) is 0 Å². The zero-order valence-electron chi connectivity index (χ0n) is 12.3. The first-order chi connectivity index (χ1) is 10.8. The van der Waals surface area contributed by atoms with Gasteiger partial charge in [0.2, 0.25) is 5.95 Å². The van der Waals surface area contributed by atoms with Crippen molar-refractivity contribution in [3.8, 4) is 0 Å². The summed E-state index contributed by atoms with van der Waals surface area (Å²) in [7, 11) is 1.96. The van der Waals surface area contributed by atoms with E-state index in [0.717, 1.165) is 11.5 Å². The minimum absolute atomic E-state index is 0.518. The van der Waals surface area contributed by atoms with Crippen molar-refractivity contribution in [2.45, 2.75) is 6.54 Å². The van der Waals surface area contributed by atoms with Crippen LogP contribution in [0.25, 0.3) is 0 Å². The molecular formula is C17H17N5. The zero-order valence-corrected chi connectivity index (χ0v) is 12.3. The summed E-state index contributed by atoms with van der Waals surface area (Å²) < 4.78 is 0. The summed E-state index contributed by atoms with van der Waals surface area (Å²) in [6.45, 7) is 0.668. The van der Waals surface area contributed by atoms with E-state index < -0.39 is 0 Å². The zero-order chi connectivity index (χ0) is 15.2. The molecule has 3 rings (SSSR count). The Hall–Kier alpha value is -2.95. The van der Waals surface area contributed by atoms with Gasteiger partial charge < -0.3 is 10.2 Å². The van der Waals surface area contributed by atoms with Crippen molar-refractivity contribution < 1.29 is 0 Å². The molecule has 0 radical (unpaired) electrons. The van der Waals surface area contributed by atoms with Gasteiger partial charge in [-0.2, -0.15) is 10.1 Å². The van der Waals surface area contributed by atoms with Crippen molar-refractivity contribution in [1.29, 1.82) is 0 Å². The van der Waals surface area contributed by atoms with Gasteiger partial charge in [0, 0.05) is 19.3 Å². The van der Waals surface area contributed by atoms with Gasteiger partial charge in [0.15, 0.2) is 5.82 Å². The van der Waals surface area contributed by atoms with Crippen LogP contribution in [0.5, 0.6) is 0 Å². The van der Waals surface area contributed by atoms with Gasteiger partial charge in [-0.05, 0) is 17.7 Å². The van der Waals surface area contributed by atoms with E-state index in [0.29, 0.717) is 12.5 Å². The number of hydrogen-bond acceptors (Lipinski definition) is 5. The van der Waals surface area contributed by atoms with Crippen LogP contribution in [0.15, 0.2) is 66.9 Å². The molecule has 0 fully saturated rings. The molecule has 0 saturated heterocycles. The maximum Gasteiger partial charge on any atom is 0.244 e. The molecule has 0 aliphatic rings. The topological polar surface area (TPSA) is 53.9 Å². The molecule has 2 aromatic carbocycles.